The molecule has 0 amide bonds. The second kappa shape index (κ2) is 5.10. The number of hydrogen-bond donors (Lipinski definition) is 1. The molecule has 0 radical (unpaired) electrons. The average molecular weight is 198 g/mol. The lowest BCUT2D eigenvalue weighted by molar-refractivity contribution is 0.00574. The molecule has 2 rings (SSSR count). The van der Waals surface area contributed by atoms with Crippen molar-refractivity contribution in [1.29, 1.82) is 0 Å². The molecule has 1 saturated heterocycles. The van der Waals surface area contributed by atoms with Crippen molar-refractivity contribution in [2.45, 2.75) is 37.8 Å². The van der Waals surface area contributed by atoms with E-state index in [4.69, 9.17) is 4.74 Å². The molecular formula is C11H22N2O. The summed E-state index contributed by atoms with van der Waals surface area (Å²) in [7, 11) is 2.09. The zero-order chi connectivity index (χ0) is 9.80. The molecular weight excluding hydrogens is 176 g/mol. The molecule has 0 aromatic rings. The van der Waals surface area contributed by atoms with Crippen LogP contribution in [0.15, 0.2) is 0 Å². The molecule has 0 spiro atoms. The first-order valence-corrected chi connectivity index (χ1v) is 5.89. The summed E-state index contributed by atoms with van der Waals surface area (Å²) in [6.45, 7) is 4.14. The van der Waals surface area contributed by atoms with E-state index in [9.17, 15) is 0 Å². The molecule has 14 heavy (non-hydrogen) atoms. The number of nitrogens with one attached hydrogen (secondary N) is 1. The van der Waals surface area contributed by atoms with E-state index in [1.165, 1.54) is 25.7 Å². The van der Waals surface area contributed by atoms with Gasteiger partial charge in [0.15, 0.2) is 0 Å². The fourth-order valence-electron chi connectivity index (χ4n) is 2.70. The van der Waals surface area contributed by atoms with Crippen molar-refractivity contribution >= 4 is 0 Å². The van der Waals surface area contributed by atoms with Crippen LogP contribution in [-0.4, -0.2) is 50.3 Å². The molecule has 0 bridgehead atoms. The summed E-state index contributed by atoms with van der Waals surface area (Å²) in [5, 5.41) is 3.42. The van der Waals surface area contributed by atoms with Crippen molar-refractivity contribution in [3.05, 3.63) is 0 Å². The minimum atomic E-state index is 0.747. The predicted octanol–water partition coefficient (Wildman–Crippen LogP) is 0.849. The van der Waals surface area contributed by atoms with Crippen LogP contribution >= 0.6 is 0 Å². The van der Waals surface area contributed by atoms with E-state index in [0.717, 1.165) is 38.4 Å². The van der Waals surface area contributed by atoms with Crippen LogP contribution < -0.4 is 5.32 Å². The van der Waals surface area contributed by atoms with Gasteiger partial charge in [-0.3, -0.25) is 4.90 Å². The SMILES string of the molecule is CNC1CCCC(N2CCOCC2)C1. The van der Waals surface area contributed by atoms with Crippen LogP contribution in [0.3, 0.4) is 0 Å². The van der Waals surface area contributed by atoms with Gasteiger partial charge >= 0.3 is 0 Å². The molecule has 1 heterocycles. The third-order valence-electron chi connectivity index (χ3n) is 3.62. The number of ether oxygens (including phenoxy) is 1. The Morgan fingerprint density at radius 2 is 2.00 bits per heavy atom. The molecule has 1 aliphatic carbocycles. The van der Waals surface area contributed by atoms with Gasteiger partial charge in [-0.25, -0.2) is 0 Å². The zero-order valence-electron chi connectivity index (χ0n) is 9.17. The Labute approximate surface area is 86.8 Å². The largest absolute Gasteiger partial charge is 0.379 e. The summed E-state index contributed by atoms with van der Waals surface area (Å²) in [6.07, 6.45) is 5.46. The number of rotatable bonds is 2. The van der Waals surface area contributed by atoms with Gasteiger partial charge in [0.25, 0.3) is 0 Å². The van der Waals surface area contributed by atoms with Gasteiger partial charge in [0, 0.05) is 25.2 Å². The van der Waals surface area contributed by atoms with Gasteiger partial charge in [-0.05, 0) is 26.3 Å². The molecule has 2 unspecified atom stereocenters. The van der Waals surface area contributed by atoms with Gasteiger partial charge in [-0.1, -0.05) is 6.42 Å². The van der Waals surface area contributed by atoms with Gasteiger partial charge in [0.1, 0.15) is 0 Å². The number of hydrogen-bond acceptors (Lipinski definition) is 3. The Balaban J connectivity index is 1.83. The van der Waals surface area contributed by atoms with Crippen LogP contribution in [0.4, 0.5) is 0 Å². The van der Waals surface area contributed by atoms with E-state index >= 15 is 0 Å². The summed E-state index contributed by atoms with van der Waals surface area (Å²) in [5.74, 6) is 0. The van der Waals surface area contributed by atoms with Crippen molar-refractivity contribution < 1.29 is 4.74 Å². The fraction of sp³-hybridized carbons (Fsp3) is 1.00. The Morgan fingerprint density at radius 3 is 2.71 bits per heavy atom. The van der Waals surface area contributed by atoms with Crippen LogP contribution in [0.1, 0.15) is 25.7 Å². The van der Waals surface area contributed by atoms with Crippen molar-refractivity contribution in [1.82, 2.24) is 10.2 Å². The van der Waals surface area contributed by atoms with Gasteiger partial charge in [-0.15, -0.1) is 0 Å². The van der Waals surface area contributed by atoms with Crippen LogP contribution in [0.5, 0.6) is 0 Å². The topological polar surface area (TPSA) is 24.5 Å². The third kappa shape index (κ3) is 2.47. The highest BCUT2D eigenvalue weighted by atomic mass is 16.5. The predicted molar refractivity (Wildman–Crippen MR) is 57.5 cm³/mol. The molecule has 3 heteroatoms. The maximum absolute atomic E-state index is 5.39. The van der Waals surface area contributed by atoms with Crippen molar-refractivity contribution in [2.24, 2.45) is 0 Å². The van der Waals surface area contributed by atoms with E-state index in [1.54, 1.807) is 0 Å². The van der Waals surface area contributed by atoms with Gasteiger partial charge in [0.2, 0.25) is 0 Å². The van der Waals surface area contributed by atoms with Gasteiger partial charge < -0.3 is 10.1 Å². The number of morpholine rings is 1. The summed E-state index contributed by atoms with van der Waals surface area (Å²) in [6, 6.07) is 1.56. The first kappa shape index (κ1) is 10.4. The van der Waals surface area contributed by atoms with Crippen LogP contribution in [0, 0.1) is 0 Å². The van der Waals surface area contributed by atoms with Crippen LogP contribution in [0.2, 0.25) is 0 Å². The third-order valence-corrected chi connectivity index (χ3v) is 3.62. The van der Waals surface area contributed by atoms with E-state index < -0.39 is 0 Å². The lowest BCUT2D eigenvalue weighted by Gasteiger charge is -2.39. The van der Waals surface area contributed by atoms with Crippen LogP contribution in [0.25, 0.3) is 0 Å². The lowest BCUT2D eigenvalue weighted by atomic mass is 9.90. The Bertz CT molecular complexity index is 169. The highest BCUT2D eigenvalue weighted by Gasteiger charge is 2.26. The molecule has 1 N–H and O–H groups in total. The van der Waals surface area contributed by atoms with Gasteiger partial charge in [0.05, 0.1) is 13.2 Å². The molecule has 1 saturated carbocycles. The van der Waals surface area contributed by atoms with Crippen LogP contribution in [-0.2, 0) is 4.74 Å². The first-order valence-electron chi connectivity index (χ1n) is 5.89. The minimum Gasteiger partial charge on any atom is -0.379 e. The normalized spacial score (nSPS) is 35.8. The second-order valence-electron chi connectivity index (χ2n) is 4.45. The molecule has 3 nitrogen and oxygen atoms in total. The minimum absolute atomic E-state index is 0.747. The van der Waals surface area contributed by atoms with Gasteiger partial charge in [-0.2, -0.15) is 0 Å². The zero-order valence-corrected chi connectivity index (χ0v) is 9.17. The molecule has 2 fully saturated rings. The summed E-state index contributed by atoms with van der Waals surface area (Å²) < 4.78 is 5.39. The maximum atomic E-state index is 5.39. The number of nitrogens with zero attached hydrogens (tertiary/aromatic N) is 1. The lowest BCUT2D eigenvalue weighted by Crippen LogP contribution is -2.48. The molecule has 0 aromatic carbocycles. The monoisotopic (exact) mass is 198 g/mol. The van der Waals surface area contributed by atoms with Crippen molar-refractivity contribution in [2.75, 3.05) is 33.4 Å². The molecule has 0 aromatic heterocycles. The molecule has 82 valence electrons. The first-order chi connectivity index (χ1) is 6.90. The van der Waals surface area contributed by atoms with Crippen molar-refractivity contribution in [3.8, 4) is 0 Å². The van der Waals surface area contributed by atoms with E-state index in [-0.39, 0.29) is 0 Å². The quantitative estimate of drug-likeness (QED) is 0.712. The molecule has 1 aliphatic heterocycles. The standard InChI is InChI=1S/C11H22N2O/c1-12-10-3-2-4-11(9-10)13-5-7-14-8-6-13/h10-12H,2-9H2,1H3. The highest BCUT2D eigenvalue weighted by Crippen LogP contribution is 2.23. The van der Waals surface area contributed by atoms with Crippen molar-refractivity contribution in [3.63, 3.8) is 0 Å². The summed E-state index contributed by atoms with van der Waals surface area (Å²) in [4.78, 5) is 2.62. The highest BCUT2D eigenvalue weighted by molar-refractivity contribution is 4.84. The smallest absolute Gasteiger partial charge is 0.0594 e. The molecule has 2 atom stereocenters. The van der Waals surface area contributed by atoms with E-state index in [1.807, 2.05) is 0 Å². The maximum Gasteiger partial charge on any atom is 0.0594 e. The Morgan fingerprint density at radius 1 is 1.21 bits per heavy atom. The Hall–Kier alpha value is -0.120. The summed E-state index contributed by atoms with van der Waals surface area (Å²) in [5.41, 5.74) is 0. The molecule has 2 aliphatic rings. The Kier molecular flexibility index (Phi) is 3.79. The fourth-order valence-corrected chi connectivity index (χ4v) is 2.70. The van der Waals surface area contributed by atoms with E-state index in [0.29, 0.717) is 0 Å². The van der Waals surface area contributed by atoms with E-state index in [2.05, 4.69) is 17.3 Å². The average Bonchev–Trinajstić information content (AvgIpc) is 2.30. The second-order valence-corrected chi connectivity index (χ2v) is 4.45. The summed E-state index contributed by atoms with van der Waals surface area (Å²) >= 11 is 0.